The highest BCUT2D eigenvalue weighted by atomic mass is 32.2. The van der Waals surface area contributed by atoms with Crippen molar-refractivity contribution in [1.29, 1.82) is 0 Å². The largest absolute Gasteiger partial charge is 0.330 e. The zero-order valence-electron chi connectivity index (χ0n) is 7.42. The van der Waals surface area contributed by atoms with Crippen LogP contribution in [0.2, 0.25) is 0 Å². The lowest BCUT2D eigenvalue weighted by atomic mass is 10.2. The quantitative estimate of drug-likeness (QED) is 0.570. The van der Waals surface area contributed by atoms with Crippen LogP contribution in [0.25, 0.3) is 0 Å². The number of aryl methyl sites for hydroxylation is 1. The molecule has 0 atom stereocenters. The third kappa shape index (κ3) is 2.88. The Morgan fingerprint density at radius 3 is 2.75 bits per heavy atom. The highest BCUT2D eigenvalue weighted by Crippen LogP contribution is 2.21. The number of hydrogen-bond acceptors (Lipinski definition) is 2. The summed E-state index contributed by atoms with van der Waals surface area (Å²) in [5.41, 5.74) is 6.78. The first-order chi connectivity index (χ1) is 5.84. The van der Waals surface area contributed by atoms with Gasteiger partial charge in [0, 0.05) is 4.90 Å². The molecule has 0 aromatic heterocycles. The second kappa shape index (κ2) is 5.22. The molecule has 1 aromatic rings. The minimum Gasteiger partial charge on any atom is -0.330 e. The molecule has 0 saturated carbocycles. The van der Waals surface area contributed by atoms with E-state index in [1.54, 1.807) is 0 Å². The average molecular weight is 181 g/mol. The van der Waals surface area contributed by atoms with E-state index in [0.717, 1.165) is 18.7 Å². The molecule has 12 heavy (non-hydrogen) atoms. The molecule has 0 radical (unpaired) electrons. The van der Waals surface area contributed by atoms with Gasteiger partial charge < -0.3 is 5.73 Å². The molecular weight excluding hydrogens is 166 g/mol. The summed E-state index contributed by atoms with van der Waals surface area (Å²) >= 11 is 1.89. The van der Waals surface area contributed by atoms with E-state index in [-0.39, 0.29) is 0 Å². The second-order valence-electron chi connectivity index (χ2n) is 2.76. The SMILES string of the molecule is Cc1ccccc1SCCCN. The molecule has 0 saturated heterocycles. The summed E-state index contributed by atoms with van der Waals surface area (Å²) in [4.78, 5) is 1.38. The summed E-state index contributed by atoms with van der Waals surface area (Å²) < 4.78 is 0. The van der Waals surface area contributed by atoms with Crippen molar-refractivity contribution in [2.75, 3.05) is 12.3 Å². The Morgan fingerprint density at radius 1 is 1.33 bits per heavy atom. The van der Waals surface area contributed by atoms with Gasteiger partial charge in [-0.05, 0) is 37.3 Å². The summed E-state index contributed by atoms with van der Waals surface area (Å²) in [6.45, 7) is 2.93. The van der Waals surface area contributed by atoms with Crippen molar-refractivity contribution < 1.29 is 0 Å². The Kier molecular flexibility index (Phi) is 4.19. The zero-order valence-corrected chi connectivity index (χ0v) is 8.23. The lowest BCUT2D eigenvalue weighted by molar-refractivity contribution is 0.942. The zero-order chi connectivity index (χ0) is 8.81. The maximum Gasteiger partial charge on any atom is 0.0101 e. The molecule has 2 N–H and O–H groups in total. The summed E-state index contributed by atoms with van der Waals surface area (Å²) in [5.74, 6) is 1.13. The lowest BCUT2D eigenvalue weighted by Gasteiger charge is -2.03. The Hall–Kier alpha value is -0.470. The van der Waals surface area contributed by atoms with Gasteiger partial charge in [-0.3, -0.25) is 0 Å². The van der Waals surface area contributed by atoms with Gasteiger partial charge in [-0.25, -0.2) is 0 Å². The van der Waals surface area contributed by atoms with Crippen molar-refractivity contribution in [2.45, 2.75) is 18.2 Å². The van der Waals surface area contributed by atoms with Gasteiger partial charge in [-0.2, -0.15) is 0 Å². The minimum atomic E-state index is 0.791. The minimum absolute atomic E-state index is 0.791. The van der Waals surface area contributed by atoms with Crippen LogP contribution in [0.4, 0.5) is 0 Å². The van der Waals surface area contributed by atoms with E-state index in [0.29, 0.717) is 0 Å². The molecular formula is C10H15NS. The smallest absolute Gasteiger partial charge is 0.0101 e. The third-order valence-corrected chi connectivity index (χ3v) is 2.96. The topological polar surface area (TPSA) is 26.0 Å². The van der Waals surface area contributed by atoms with E-state index < -0.39 is 0 Å². The first-order valence-electron chi connectivity index (χ1n) is 4.23. The van der Waals surface area contributed by atoms with Crippen LogP contribution >= 0.6 is 11.8 Å². The van der Waals surface area contributed by atoms with E-state index in [9.17, 15) is 0 Å². The molecule has 0 bridgehead atoms. The fourth-order valence-electron chi connectivity index (χ4n) is 0.984. The molecule has 2 heteroatoms. The van der Waals surface area contributed by atoms with Gasteiger partial charge in [-0.1, -0.05) is 18.2 Å². The van der Waals surface area contributed by atoms with Gasteiger partial charge in [-0.15, -0.1) is 11.8 Å². The van der Waals surface area contributed by atoms with Gasteiger partial charge >= 0.3 is 0 Å². The third-order valence-electron chi connectivity index (χ3n) is 1.70. The van der Waals surface area contributed by atoms with Crippen LogP contribution in [-0.2, 0) is 0 Å². The van der Waals surface area contributed by atoms with Gasteiger partial charge in [0.2, 0.25) is 0 Å². The number of nitrogens with two attached hydrogens (primary N) is 1. The Labute approximate surface area is 78.4 Å². The molecule has 1 aromatic carbocycles. The van der Waals surface area contributed by atoms with Crippen LogP contribution < -0.4 is 5.73 Å². The van der Waals surface area contributed by atoms with E-state index in [1.165, 1.54) is 10.5 Å². The molecule has 0 aliphatic heterocycles. The van der Waals surface area contributed by atoms with E-state index in [2.05, 4.69) is 31.2 Å². The first-order valence-corrected chi connectivity index (χ1v) is 5.21. The van der Waals surface area contributed by atoms with Crippen LogP contribution in [0.3, 0.4) is 0 Å². The van der Waals surface area contributed by atoms with Crippen molar-refractivity contribution in [2.24, 2.45) is 5.73 Å². The molecule has 0 aliphatic carbocycles. The Morgan fingerprint density at radius 2 is 2.08 bits per heavy atom. The predicted octanol–water partition coefficient (Wildman–Crippen LogP) is 2.44. The Bertz CT molecular complexity index is 235. The highest BCUT2D eigenvalue weighted by Gasteiger charge is 1.95. The maximum absolute atomic E-state index is 5.42. The Balaban J connectivity index is 2.46. The van der Waals surface area contributed by atoms with Crippen molar-refractivity contribution in [3.63, 3.8) is 0 Å². The fourth-order valence-corrected chi connectivity index (χ4v) is 1.99. The van der Waals surface area contributed by atoms with Crippen molar-refractivity contribution in [3.8, 4) is 0 Å². The summed E-state index contributed by atoms with van der Waals surface area (Å²) in [7, 11) is 0. The summed E-state index contributed by atoms with van der Waals surface area (Å²) in [6.07, 6.45) is 1.10. The molecule has 0 fully saturated rings. The number of benzene rings is 1. The highest BCUT2D eigenvalue weighted by molar-refractivity contribution is 7.99. The van der Waals surface area contributed by atoms with Crippen LogP contribution in [0, 0.1) is 6.92 Å². The van der Waals surface area contributed by atoms with Gasteiger partial charge in [0.05, 0.1) is 0 Å². The number of thioether (sulfide) groups is 1. The standard InChI is InChI=1S/C10H15NS/c1-9-5-2-3-6-10(9)12-8-4-7-11/h2-3,5-6H,4,7-8,11H2,1H3. The van der Waals surface area contributed by atoms with Crippen molar-refractivity contribution in [1.82, 2.24) is 0 Å². The van der Waals surface area contributed by atoms with E-state index in [1.807, 2.05) is 11.8 Å². The molecule has 0 unspecified atom stereocenters. The molecule has 0 aliphatic rings. The molecule has 0 heterocycles. The van der Waals surface area contributed by atoms with Crippen LogP contribution in [0.1, 0.15) is 12.0 Å². The summed E-state index contributed by atoms with van der Waals surface area (Å²) in [5, 5.41) is 0. The number of rotatable bonds is 4. The van der Waals surface area contributed by atoms with Crippen LogP contribution in [0.15, 0.2) is 29.2 Å². The average Bonchev–Trinajstić information content (AvgIpc) is 2.09. The molecule has 0 amide bonds. The van der Waals surface area contributed by atoms with Gasteiger partial charge in [0.1, 0.15) is 0 Å². The number of hydrogen-bond donors (Lipinski definition) is 1. The van der Waals surface area contributed by atoms with Crippen LogP contribution in [-0.4, -0.2) is 12.3 Å². The molecule has 0 spiro atoms. The monoisotopic (exact) mass is 181 g/mol. The fraction of sp³-hybridized carbons (Fsp3) is 0.400. The van der Waals surface area contributed by atoms with Crippen molar-refractivity contribution in [3.05, 3.63) is 29.8 Å². The first kappa shape index (κ1) is 9.62. The molecule has 66 valence electrons. The summed E-state index contributed by atoms with van der Waals surface area (Å²) in [6, 6.07) is 8.46. The van der Waals surface area contributed by atoms with E-state index in [4.69, 9.17) is 5.73 Å². The van der Waals surface area contributed by atoms with E-state index >= 15 is 0 Å². The molecule has 1 rings (SSSR count). The second-order valence-corrected chi connectivity index (χ2v) is 3.89. The maximum atomic E-state index is 5.42. The van der Waals surface area contributed by atoms with Gasteiger partial charge in [0.15, 0.2) is 0 Å². The van der Waals surface area contributed by atoms with Gasteiger partial charge in [0.25, 0.3) is 0 Å². The van der Waals surface area contributed by atoms with Crippen molar-refractivity contribution >= 4 is 11.8 Å². The lowest BCUT2D eigenvalue weighted by Crippen LogP contribution is -1.99. The van der Waals surface area contributed by atoms with Crippen LogP contribution in [0.5, 0.6) is 0 Å². The molecule has 1 nitrogen and oxygen atoms in total. The normalized spacial score (nSPS) is 10.2. The predicted molar refractivity (Wildman–Crippen MR) is 55.6 cm³/mol.